The quantitative estimate of drug-likeness (QED) is 0.640. The van der Waals surface area contributed by atoms with Crippen molar-refractivity contribution in [3.05, 3.63) is 19.1 Å². The number of hydrogen-bond donors (Lipinski definition) is 1. The van der Waals surface area contributed by atoms with Crippen LogP contribution in [-0.2, 0) is 0 Å². The topological polar surface area (TPSA) is 20.2 Å². The molecule has 0 saturated carbocycles. The van der Waals surface area contributed by atoms with Crippen molar-refractivity contribution in [2.75, 3.05) is 0 Å². The molecule has 0 aliphatic heterocycles. The van der Waals surface area contributed by atoms with Crippen LogP contribution in [0, 0.1) is 6.92 Å². The van der Waals surface area contributed by atoms with Gasteiger partial charge in [0.25, 0.3) is 0 Å². The molecule has 0 aromatic carbocycles. The van der Waals surface area contributed by atoms with Crippen LogP contribution in [0.3, 0.4) is 0 Å². The first kappa shape index (κ1) is 12.7. The van der Waals surface area contributed by atoms with Crippen LogP contribution in [0.1, 0.15) is 52.4 Å². The zero-order valence-electron chi connectivity index (χ0n) is 9.05. The van der Waals surface area contributed by atoms with Gasteiger partial charge in [0.1, 0.15) is 0 Å². The Morgan fingerprint density at radius 1 is 1.15 bits per heavy atom. The van der Waals surface area contributed by atoms with E-state index in [1.165, 1.54) is 0 Å². The zero-order valence-corrected chi connectivity index (χ0v) is 9.05. The van der Waals surface area contributed by atoms with Crippen LogP contribution >= 0.6 is 0 Å². The van der Waals surface area contributed by atoms with Crippen molar-refractivity contribution in [2.45, 2.75) is 58.0 Å². The van der Waals surface area contributed by atoms with Gasteiger partial charge in [0.15, 0.2) is 0 Å². The Morgan fingerprint density at radius 3 is 2.08 bits per heavy atom. The van der Waals surface area contributed by atoms with Crippen molar-refractivity contribution in [3.8, 4) is 0 Å². The highest BCUT2D eigenvalue weighted by Gasteiger charge is 2.23. The fraction of sp³-hybridized carbons (Fsp3) is 0.750. The first-order valence-electron chi connectivity index (χ1n) is 5.35. The highest BCUT2D eigenvalue weighted by atomic mass is 16.3. The number of aliphatic hydroxyl groups is 1. The Kier molecular flexibility index (Phi) is 6.97. The van der Waals surface area contributed by atoms with E-state index in [1.54, 1.807) is 6.08 Å². The second-order valence-electron chi connectivity index (χ2n) is 3.73. The highest BCUT2D eigenvalue weighted by molar-refractivity contribution is 4.87. The van der Waals surface area contributed by atoms with E-state index >= 15 is 0 Å². The predicted octanol–water partition coefficient (Wildman–Crippen LogP) is 3.49. The minimum absolute atomic E-state index is 0.428. The average molecular weight is 183 g/mol. The molecule has 77 valence electrons. The van der Waals surface area contributed by atoms with Gasteiger partial charge in [0.05, 0.1) is 5.60 Å². The highest BCUT2D eigenvalue weighted by Crippen LogP contribution is 2.25. The lowest BCUT2D eigenvalue weighted by Gasteiger charge is -2.26. The minimum atomic E-state index is -0.428. The monoisotopic (exact) mass is 183 g/mol. The van der Waals surface area contributed by atoms with Crippen molar-refractivity contribution in [1.29, 1.82) is 0 Å². The SMILES string of the molecule is [CH2]C=CCCC(O)(CCC)CCC. The van der Waals surface area contributed by atoms with Crippen LogP contribution in [0.25, 0.3) is 0 Å². The van der Waals surface area contributed by atoms with Crippen molar-refractivity contribution >= 4 is 0 Å². The van der Waals surface area contributed by atoms with E-state index in [0.29, 0.717) is 0 Å². The lowest BCUT2D eigenvalue weighted by atomic mass is 9.88. The molecule has 0 aromatic heterocycles. The van der Waals surface area contributed by atoms with Crippen molar-refractivity contribution in [1.82, 2.24) is 0 Å². The molecule has 0 atom stereocenters. The van der Waals surface area contributed by atoms with Crippen LogP contribution in [0.5, 0.6) is 0 Å². The van der Waals surface area contributed by atoms with Crippen LogP contribution in [-0.4, -0.2) is 10.7 Å². The molecule has 0 spiro atoms. The summed E-state index contributed by atoms with van der Waals surface area (Å²) in [5.74, 6) is 0. The summed E-state index contributed by atoms with van der Waals surface area (Å²) in [6.45, 7) is 7.88. The van der Waals surface area contributed by atoms with Gasteiger partial charge >= 0.3 is 0 Å². The van der Waals surface area contributed by atoms with Crippen LogP contribution in [0.2, 0.25) is 0 Å². The zero-order chi connectivity index (χ0) is 10.2. The summed E-state index contributed by atoms with van der Waals surface area (Å²) in [5, 5.41) is 10.2. The Morgan fingerprint density at radius 2 is 1.69 bits per heavy atom. The van der Waals surface area contributed by atoms with Gasteiger partial charge < -0.3 is 5.11 Å². The lowest BCUT2D eigenvalue weighted by Crippen LogP contribution is -2.27. The average Bonchev–Trinajstić information content (AvgIpc) is 2.05. The van der Waals surface area contributed by atoms with Gasteiger partial charge in [-0.3, -0.25) is 0 Å². The van der Waals surface area contributed by atoms with Crippen molar-refractivity contribution in [2.24, 2.45) is 0 Å². The Hall–Kier alpha value is -0.300. The fourth-order valence-corrected chi connectivity index (χ4v) is 1.78. The van der Waals surface area contributed by atoms with E-state index in [2.05, 4.69) is 20.8 Å². The van der Waals surface area contributed by atoms with E-state index in [1.807, 2.05) is 6.08 Å². The van der Waals surface area contributed by atoms with Crippen LogP contribution in [0.15, 0.2) is 12.2 Å². The maximum absolute atomic E-state index is 10.2. The Bertz CT molecular complexity index is 132. The third-order valence-corrected chi connectivity index (χ3v) is 2.37. The number of rotatable bonds is 7. The first-order valence-corrected chi connectivity index (χ1v) is 5.35. The van der Waals surface area contributed by atoms with E-state index in [4.69, 9.17) is 0 Å². The third kappa shape index (κ3) is 5.87. The van der Waals surface area contributed by atoms with E-state index in [-0.39, 0.29) is 0 Å². The number of hydrogen-bond acceptors (Lipinski definition) is 1. The summed E-state index contributed by atoms with van der Waals surface area (Å²) in [6, 6.07) is 0. The van der Waals surface area contributed by atoms with Gasteiger partial charge in [0.2, 0.25) is 0 Å². The first-order chi connectivity index (χ1) is 6.18. The number of allylic oxidation sites excluding steroid dienone is 2. The summed E-state index contributed by atoms with van der Waals surface area (Å²) in [6.07, 6.45) is 9.61. The Balaban J connectivity index is 3.90. The van der Waals surface area contributed by atoms with Crippen molar-refractivity contribution < 1.29 is 5.11 Å². The van der Waals surface area contributed by atoms with Crippen LogP contribution in [0.4, 0.5) is 0 Å². The van der Waals surface area contributed by atoms with Gasteiger partial charge in [-0.25, -0.2) is 0 Å². The summed E-state index contributed by atoms with van der Waals surface area (Å²) < 4.78 is 0. The predicted molar refractivity (Wildman–Crippen MR) is 58.5 cm³/mol. The minimum Gasteiger partial charge on any atom is -0.390 e. The molecular weight excluding hydrogens is 160 g/mol. The molecule has 1 N–H and O–H groups in total. The second kappa shape index (κ2) is 7.14. The second-order valence-corrected chi connectivity index (χ2v) is 3.73. The van der Waals surface area contributed by atoms with Gasteiger partial charge in [-0.1, -0.05) is 38.8 Å². The van der Waals surface area contributed by atoms with Gasteiger partial charge in [-0.2, -0.15) is 0 Å². The fourth-order valence-electron chi connectivity index (χ4n) is 1.78. The molecular formula is C12H23O. The molecule has 0 amide bonds. The van der Waals surface area contributed by atoms with Crippen LogP contribution < -0.4 is 0 Å². The molecule has 0 aliphatic rings. The molecule has 0 rings (SSSR count). The van der Waals surface area contributed by atoms with E-state index in [0.717, 1.165) is 38.5 Å². The van der Waals surface area contributed by atoms with Gasteiger partial charge in [-0.05, 0) is 32.6 Å². The molecule has 0 aromatic rings. The molecule has 0 aliphatic carbocycles. The molecule has 0 unspecified atom stereocenters. The molecule has 1 nitrogen and oxygen atoms in total. The maximum atomic E-state index is 10.2. The lowest BCUT2D eigenvalue weighted by molar-refractivity contribution is 0.0138. The molecule has 1 radical (unpaired) electrons. The summed E-state index contributed by atoms with van der Waals surface area (Å²) >= 11 is 0. The summed E-state index contributed by atoms with van der Waals surface area (Å²) in [5.41, 5.74) is -0.428. The van der Waals surface area contributed by atoms with Gasteiger partial charge in [0, 0.05) is 0 Å². The Labute approximate surface area is 82.9 Å². The van der Waals surface area contributed by atoms with Crippen molar-refractivity contribution in [3.63, 3.8) is 0 Å². The van der Waals surface area contributed by atoms with E-state index < -0.39 is 5.60 Å². The molecule has 13 heavy (non-hydrogen) atoms. The largest absolute Gasteiger partial charge is 0.390 e. The third-order valence-electron chi connectivity index (χ3n) is 2.37. The molecule has 0 saturated heterocycles. The maximum Gasteiger partial charge on any atom is 0.0650 e. The molecule has 0 heterocycles. The summed E-state index contributed by atoms with van der Waals surface area (Å²) in [7, 11) is 0. The molecule has 0 fully saturated rings. The molecule has 0 bridgehead atoms. The molecule has 1 heteroatoms. The normalized spacial score (nSPS) is 12.6. The smallest absolute Gasteiger partial charge is 0.0650 e. The van der Waals surface area contributed by atoms with E-state index in [9.17, 15) is 5.11 Å². The summed E-state index contributed by atoms with van der Waals surface area (Å²) in [4.78, 5) is 0. The standard InChI is InChI=1S/C12H23O/c1-4-7-8-11-12(13,9-5-2)10-6-3/h4,7,13H,1,5-6,8-11H2,2-3H3. The van der Waals surface area contributed by atoms with Gasteiger partial charge in [-0.15, -0.1) is 0 Å².